The molecule has 0 atom stereocenters. The van der Waals surface area contributed by atoms with E-state index in [1.165, 1.54) is 0 Å². The number of carbonyl (C=O) groups excluding carboxylic acids is 3. The van der Waals surface area contributed by atoms with Gasteiger partial charge in [-0.2, -0.15) is 5.26 Å². The molecule has 1 fully saturated rings. The molecule has 0 unspecified atom stereocenters. The summed E-state index contributed by atoms with van der Waals surface area (Å²) in [6.45, 7) is 5.44. The molecule has 2 heterocycles. The molecule has 0 saturated carbocycles. The predicted molar refractivity (Wildman–Crippen MR) is 115 cm³/mol. The molecule has 0 spiro atoms. The Morgan fingerprint density at radius 1 is 0.968 bits per heavy atom. The first kappa shape index (κ1) is 23.5. The zero-order valence-electron chi connectivity index (χ0n) is 17.7. The molecular weight excluding hydrogens is 396 g/mol. The van der Waals surface area contributed by atoms with Crippen molar-refractivity contribution in [2.75, 3.05) is 32.7 Å². The molecule has 1 aliphatic rings. The van der Waals surface area contributed by atoms with Crippen LogP contribution in [0, 0.1) is 11.3 Å². The number of piperazine rings is 1. The molecule has 162 valence electrons. The highest BCUT2D eigenvalue weighted by molar-refractivity contribution is 5.96. The number of aromatic nitrogens is 2. The van der Waals surface area contributed by atoms with Gasteiger partial charge in [-0.3, -0.25) is 14.4 Å². The molecule has 0 aliphatic carbocycles. The van der Waals surface area contributed by atoms with Gasteiger partial charge in [0.05, 0.1) is 12.6 Å². The lowest BCUT2D eigenvalue weighted by atomic mass is 10.1. The van der Waals surface area contributed by atoms with Gasteiger partial charge in [-0.25, -0.2) is 9.97 Å². The lowest BCUT2D eigenvalue weighted by Gasteiger charge is -2.34. The van der Waals surface area contributed by atoms with Crippen LogP contribution in [0.25, 0.3) is 11.4 Å². The van der Waals surface area contributed by atoms with Crippen molar-refractivity contribution in [1.29, 1.82) is 5.26 Å². The molecule has 1 N–H and O–H groups in total. The average molecular weight is 422 g/mol. The topological polar surface area (TPSA) is 119 Å². The van der Waals surface area contributed by atoms with E-state index in [2.05, 4.69) is 15.3 Å². The molecule has 9 nitrogen and oxygen atoms in total. The van der Waals surface area contributed by atoms with Crippen LogP contribution in [-0.2, 0) is 9.59 Å². The third-order valence-electron chi connectivity index (χ3n) is 4.59. The van der Waals surface area contributed by atoms with Crippen molar-refractivity contribution in [2.24, 2.45) is 0 Å². The Balaban J connectivity index is 0.00000166. The van der Waals surface area contributed by atoms with Gasteiger partial charge in [0.2, 0.25) is 11.8 Å². The van der Waals surface area contributed by atoms with Crippen LogP contribution in [-0.4, -0.2) is 70.2 Å². The van der Waals surface area contributed by atoms with Crippen LogP contribution in [0.4, 0.5) is 0 Å². The minimum absolute atomic E-state index is 0.117. The van der Waals surface area contributed by atoms with E-state index in [1.807, 2.05) is 19.9 Å². The van der Waals surface area contributed by atoms with Crippen LogP contribution in [0.15, 0.2) is 42.7 Å². The summed E-state index contributed by atoms with van der Waals surface area (Å²) in [5.74, 6) is -0.207. The second-order valence-corrected chi connectivity index (χ2v) is 6.43. The van der Waals surface area contributed by atoms with Gasteiger partial charge >= 0.3 is 0 Å². The number of hydrogen-bond donors (Lipinski definition) is 1. The molecule has 1 aliphatic heterocycles. The Labute approximate surface area is 181 Å². The standard InChI is InChI=1S/C20H20N6O3.C2H6/c21-7-6-17(27)25-10-12-26(13-11-25)18(28)14-24-20(29)16-4-2-15(3-5-16)19-22-8-1-9-23-19;1-2/h1-5,8-9H,6,10-14H2,(H,24,29);1-2H3. The summed E-state index contributed by atoms with van der Waals surface area (Å²) in [6.07, 6.45) is 3.14. The van der Waals surface area contributed by atoms with E-state index >= 15 is 0 Å². The van der Waals surface area contributed by atoms with Gasteiger partial charge in [-0.1, -0.05) is 26.0 Å². The van der Waals surface area contributed by atoms with Crippen molar-refractivity contribution in [3.8, 4) is 17.5 Å². The Bertz CT molecular complexity index is 917. The Morgan fingerprint density at radius 3 is 2.06 bits per heavy atom. The third kappa shape index (κ3) is 6.60. The molecular formula is C22H26N6O3. The lowest BCUT2D eigenvalue weighted by molar-refractivity contribution is -0.138. The second-order valence-electron chi connectivity index (χ2n) is 6.43. The SMILES string of the molecule is CC.N#CCC(=O)N1CCN(C(=O)CNC(=O)c2ccc(-c3ncccn3)cc2)CC1. The van der Waals surface area contributed by atoms with Gasteiger partial charge < -0.3 is 15.1 Å². The number of nitrogens with one attached hydrogen (secondary N) is 1. The van der Waals surface area contributed by atoms with E-state index in [1.54, 1.807) is 52.5 Å². The maximum atomic E-state index is 12.3. The molecule has 0 radical (unpaired) electrons. The van der Waals surface area contributed by atoms with E-state index in [4.69, 9.17) is 5.26 Å². The monoisotopic (exact) mass is 422 g/mol. The van der Waals surface area contributed by atoms with Gasteiger partial charge in [0, 0.05) is 49.7 Å². The summed E-state index contributed by atoms with van der Waals surface area (Å²) in [7, 11) is 0. The first-order valence-electron chi connectivity index (χ1n) is 10.2. The van der Waals surface area contributed by atoms with E-state index in [9.17, 15) is 14.4 Å². The first-order chi connectivity index (χ1) is 15.1. The van der Waals surface area contributed by atoms with E-state index < -0.39 is 0 Å². The fourth-order valence-electron chi connectivity index (χ4n) is 2.97. The van der Waals surface area contributed by atoms with E-state index in [0.29, 0.717) is 37.6 Å². The van der Waals surface area contributed by atoms with Crippen molar-refractivity contribution in [2.45, 2.75) is 20.3 Å². The highest BCUT2D eigenvalue weighted by atomic mass is 16.2. The molecule has 3 rings (SSSR count). The van der Waals surface area contributed by atoms with Crippen molar-refractivity contribution in [3.63, 3.8) is 0 Å². The first-order valence-corrected chi connectivity index (χ1v) is 10.2. The third-order valence-corrected chi connectivity index (χ3v) is 4.59. The Hall–Kier alpha value is -3.80. The number of rotatable bonds is 5. The normalized spacial score (nSPS) is 12.8. The minimum Gasteiger partial charge on any atom is -0.343 e. The van der Waals surface area contributed by atoms with Crippen molar-refractivity contribution < 1.29 is 14.4 Å². The molecule has 0 bridgehead atoms. The van der Waals surface area contributed by atoms with E-state index in [-0.39, 0.29) is 30.7 Å². The quantitative estimate of drug-likeness (QED) is 0.780. The molecule has 9 heteroatoms. The van der Waals surface area contributed by atoms with Crippen molar-refractivity contribution in [1.82, 2.24) is 25.1 Å². The van der Waals surface area contributed by atoms with Gasteiger partial charge in [-0.05, 0) is 18.2 Å². The zero-order chi connectivity index (χ0) is 22.6. The Morgan fingerprint density at radius 2 is 1.52 bits per heavy atom. The maximum Gasteiger partial charge on any atom is 0.251 e. The number of carbonyl (C=O) groups is 3. The van der Waals surface area contributed by atoms with Gasteiger partial charge in [0.25, 0.3) is 5.91 Å². The summed E-state index contributed by atoms with van der Waals surface area (Å²) in [5.41, 5.74) is 1.23. The number of benzene rings is 1. The van der Waals surface area contributed by atoms with Crippen LogP contribution in [0.2, 0.25) is 0 Å². The number of nitriles is 1. The second kappa shape index (κ2) is 12.0. The van der Waals surface area contributed by atoms with Crippen molar-refractivity contribution >= 4 is 17.7 Å². The lowest BCUT2D eigenvalue weighted by Crippen LogP contribution is -2.52. The molecule has 31 heavy (non-hydrogen) atoms. The average Bonchev–Trinajstić information content (AvgIpc) is 2.84. The van der Waals surface area contributed by atoms with Crippen LogP contribution in [0.5, 0.6) is 0 Å². The van der Waals surface area contributed by atoms with Gasteiger partial charge in [-0.15, -0.1) is 0 Å². The minimum atomic E-state index is -0.346. The summed E-state index contributed by atoms with van der Waals surface area (Å²) in [5, 5.41) is 11.2. The van der Waals surface area contributed by atoms with Crippen LogP contribution in [0.3, 0.4) is 0 Å². The van der Waals surface area contributed by atoms with Crippen LogP contribution >= 0.6 is 0 Å². The predicted octanol–water partition coefficient (Wildman–Crippen LogP) is 1.48. The van der Waals surface area contributed by atoms with Gasteiger partial charge in [0.15, 0.2) is 5.82 Å². The van der Waals surface area contributed by atoms with Crippen LogP contribution < -0.4 is 5.32 Å². The van der Waals surface area contributed by atoms with Crippen molar-refractivity contribution in [3.05, 3.63) is 48.3 Å². The number of hydrogen-bond acceptors (Lipinski definition) is 6. The summed E-state index contributed by atoms with van der Waals surface area (Å²) >= 11 is 0. The van der Waals surface area contributed by atoms with E-state index in [0.717, 1.165) is 5.56 Å². The fourth-order valence-corrected chi connectivity index (χ4v) is 2.97. The maximum absolute atomic E-state index is 12.3. The number of nitrogens with zero attached hydrogens (tertiary/aromatic N) is 5. The van der Waals surface area contributed by atoms with Crippen LogP contribution in [0.1, 0.15) is 30.6 Å². The largest absolute Gasteiger partial charge is 0.343 e. The molecule has 1 aromatic heterocycles. The summed E-state index contributed by atoms with van der Waals surface area (Å²) < 4.78 is 0. The fraction of sp³-hybridized carbons (Fsp3) is 0.364. The van der Waals surface area contributed by atoms with Gasteiger partial charge in [0.1, 0.15) is 6.42 Å². The molecule has 1 saturated heterocycles. The zero-order valence-corrected chi connectivity index (χ0v) is 17.7. The highest BCUT2D eigenvalue weighted by Gasteiger charge is 2.24. The molecule has 2 aromatic rings. The summed E-state index contributed by atoms with van der Waals surface area (Å²) in [6, 6.07) is 10.4. The summed E-state index contributed by atoms with van der Waals surface area (Å²) in [4.78, 5) is 47.8. The molecule has 1 aromatic carbocycles. The highest BCUT2D eigenvalue weighted by Crippen LogP contribution is 2.14. The smallest absolute Gasteiger partial charge is 0.251 e. The Kier molecular flexibility index (Phi) is 9.11. The number of amides is 3. The molecule has 3 amide bonds.